The minimum absolute atomic E-state index is 0.0950. The van der Waals surface area contributed by atoms with Crippen molar-refractivity contribution < 1.29 is 13.7 Å². The van der Waals surface area contributed by atoms with Gasteiger partial charge in [-0.3, -0.25) is 0 Å². The van der Waals surface area contributed by atoms with Gasteiger partial charge in [0, 0.05) is 10.5 Å². The number of halogens is 2. The second kappa shape index (κ2) is 7.02. The highest BCUT2D eigenvalue weighted by molar-refractivity contribution is 7.98. The van der Waals surface area contributed by atoms with Crippen LogP contribution in [-0.4, -0.2) is 17.3 Å². The standard InChI is InChI=1S/C16H12ClFN2O2S/c1-21-11-4-2-3-10(7-11)16-19-15(22-20-16)9-23-12-5-6-14(18)13(17)8-12/h2-8H,9H2,1H3. The van der Waals surface area contributed by atoms with Gasteiger partial charge >= 0.3 is 0 Å². The van der Waals surface area contributed by atoms with E-state index in [1.54, 1.807) is 19.2 Å². The molecule has 0 unspecified atom stereocenters. The summed E-state index contributed by atoms with van der Waals surface area (Å²) in [6, 6.07) is 12.0. The van der Waals surface area contributed by atoms with Gasteiger partial charge in [0.15, 0.2) is 0 Å². The van der Waals surface area contributed by atoms with E-state index < -0.39 is 5.82 Å². The van der Waals surface area contributed by atoms with Crippen LogP contribution in [0.2, 0.25) is 5.02 Å². The molecule has 2 aromatic carbocycles. The highest BCUT2D eigenvalue weighted by Crippen LogP contribution is 2.27. The van der Waals surface area contributed by atoms with Gasteiger partial charge < -0.3 is 9.26 Å². The van der Waals surface area contributed by atoms with E-state index in [4.69, 9.17) is 20.9 Å². The van der Waals surface area contributed by atoms with Gasteiger partial charge in [0.05, 0.1) is 17.9 Å². The molecule has 0 aliphatic carbocycles. The monoisotopic (exact) mass is 350 g/mol. The minimum Gasteiger partial charge on any atom is -0.497 e. The maximum Gasteiger partial charge on any atom is 0.237 e. The molecule has 23 heavy (non-hydrogen) atoms. The van der Waals surface area contributed by atoms with E-state index in [0.29, 0.717) is 17.5 Å². The number of benzene rings is 2. The number of hydrogen-bond donors (Lipinski definition) is 0. The maximum absolute atomic E-state index is 13.1. The van der Waals surface area contributed by atoms with Crippen LogP contribution in [0.25, 0.3) is 11.4 Å². The first-order chi connectivity index (χ1) is 11.2. The van der Waals surface area contributed by atoms with Crippen molar-refractivity contribution in [3.05, 3.63) is 59.2 Å². The Labute approximate surface area is 141 Å². The Bertz CT molecular complexity index is 825. The van der Waals surface area contributed by atoms with Crippen LogP contribution in [0.1, 0.15) is 5.89 Å². The highest BCUT2D eigenvalue weighted by atomic mass is 35.5. The summed E-state index contributed by atoms with van der Waals surface area (Å²) in [4.78, 5) is 5.18. The molecule has 0 saturated heterocycles. The molecule has 3 rings (SSSR count). The normalized spacial score (nSPS) is 10.7. The Morgan fingerprint density at radius 3 is 2.91 bits per heavy atom. The Hall–Kier alpha value is -2.05. The summed E-state index contributed by atoms with van der Waals surface area (Å²) >= 11 is 7.20. The first kappa shape index (κ1) is 15.8. The molecule has 1 aromatic heterocycles. The molecule has 0 N–H and O–H groups in total. The fourth-order valence-electron chi connectivity index (χ4n) is 1.90. The molecule has 0 fully saturated rings. The smallest absolute Gasteiger partial charge is 0.237 e. The van der Waals surface area contributed by atoms with E-state index in [0.717, 1.165) is 16.2 Å². The summed E-state index contributed by atoms with van der Waals surface area (Å²) in [5, 5.41) is 4.06. The van der Waals surface area contributed by atoms with Gasteiger partial charge in [0.25, 0.3) is 0 Å². The third kappa shape index (κ3) is 3.83. The van der Waals surface area contributed by atoms with Crippen LogP contribution in [-0.2, 0) is 5.75 Å². The van der Waals surface area contributed by atoms with Gasteiger partial charge in [0.2, 0.25) is 11.7 Å². The number of rotatable bonds is 5. The predicted octanol–water partition coefficient (Wildman–Crippen LogP) is 4.83. The lowest BCUT2D eigenvalue weighted by molar-refractivity contribution is 0.391. The number of hydrogen-bond acceptors (Lipinski definition) is 5. The van der Waals surface area contributed by atoms with Gasteiger partial charge in [-0.15, -0.1) is 11.8 Å². The van der Waals surface area contributed by atoms with Crippen molar-refractivity contribution in [2.75, 3.05) is 7.11 Å². The van der Waals surface area contributed by atoms with Crippen LogP contribution in [0.3, 0.4) is 0 Å². The van der Waals surface area contributed by atoms with Gasteiger partial charge in [-0.2, -0.15) is 4.98 Å². The molecule has 0 spiro atoms. The van der Waals surface area contributed by atoms with Crippen molar-refractivity contribution in [2.24, 2.45) is 0 Å². The Balaban J connectivity index is 1.70. The SMILES string of the molecule is COc1cccc(-c2noc(CSc3ccc(F)c(Cl)c3)n2)c1. The van der Waals surface area contributed by atoms with Gasteiger partial charge in [-0.1, -0.05) is 28.9 Å². The zero-order valence-corrected chi connectivity index (χ0v) is 13.7. The number of methoxy groups -OCH3 is 1. The number of nitrogens with zero attached hydrogens (tertiary/aromatic N) is 2. The third-order valence-electron chi connectivity index (χ3n) is 3.05. The third-order valence-corrected chi connectivity index (χ3v) is 4.32. The number of thioether (sulfide) groups is 1. The lowest BCUT2D eigenvalue weighted by Gasteiger charge is -2.00. The average molecular weight is 351 g/mol. The summed E-state index contributed by atoms with van der Waals surface area (Å²) in [5.41, 5.74) is 0.814. The topological polar surface area (TPSA) is 48.2 Å². The molecule has 0 radical (unpaired) electrons. The van der Waals surface area contributed by atoms with Crippen LogP contribution in [0.5, 0.6) is 5.75 Å². The molecule has 0 atom stereocenters. The molecule has 0 aliphatic rings. The van der Waals surface area contributed by atoms with Crippen LogP contribution in [0.4, 0.5) is 4.39 Å². The van der Waals surface area contributed by atoms with E-state index in [2.05, 4.69) is 10.1 Å². The van der Waals surface area contributed by atoms with E-state index >= 15 is 0 Å². The Morgan fingerprint density at radius 1 is 1.26 bits per heavy atom. The second-order valence-electron chi connectivity index (χ2n) is 4.61. The molecule has 4 nitrogen and oxygen atoms in total. The van der Waals surface area contributed by atoms with Crippen LogP contribution in [0, 0.1) is 5.82 Å². The van der Waals surface area contributed by atoms with Crippen molar-refractivity contribution in [1.29, 1.82) is 0 Å². The van der Waals surface area contributed by atoms with Gasteiger partial charge in [0.1, 0.15) is 11.6 Å². The summed E-state index contributed by atoms with van der Waals surface area (Å²) in [5.74, 6) is 1.74. The number of ether oxygens (including phenoxy) is 1. The Kier molecular flexibility index (Phi) is 4.83. The van der Waals surface area contributed by atoms with Crippen molar-refractivity contribution in [3.63, 3.8) is 0 Å². The lowest BCUT2D eigenvalue weighted by Crippen LogP contribution is -1.86. The predicted molar refractivity (Wildman–Crippen MR) is 87.3 cm³/mol. The molecule has 1 heterocycles. The maximum atomic E-state index is 13.1. The lowest BCUT2D eigenvalue weighted by atomic mass is 10.2. The summed E-state index contributed by atoms with van der Waals surface area (Å²) in [6.07, 6.45) is 0. The molecular formula is C16H12ClFN2O2S. The molecule has 118 valence electrons. The highest BCUT2D eigenvalue weighted by Gasteiger charge is 2.10. The molecule has 0 bridgehead atoms. The van der Waals surface area contributed by atoms with E-state index in [9.17, 15) is 4.39 Å². The molecule has 0 amide bonds. The fraction of sp³-hybridized carbons (Fsp3) is 0.125. The summed E-state index contributed by atoms with van der Waals surface area (Å²) in [6.45, 7) is 0. The largest absolute Gasteiger partial charge is 0.497 e. The zero-order chi connectivity index (χ0) is 16.2. The van der Waals surface area contributed by atoms with Gasteiger partial charge in [-0.05, 0) is 30.3 Å². The molecule has 0 aliphatic heterocycles. The van der Waals surface area contributed by atoms with Gasteiger partial charge in [-0.25, -0.2) is 4.39 Å². The van der Waals surface area contributed by atoms with E-state index in [1.807, 2.05) is 24.3 Å². The second-order valence-corrected chi connectivity index (χ2v) is 6.06. The molecule has 7 heteroatoms. The number of aromatic nitrogens is 2. The molecule has 0 saturated carbocycles. The average Bonchev–Trinajstić information content (AvgIpc) is 3.05. The van der Waals surface area contributed by atoms with Crippen molar-refractivity contribution in [3.8, 4) is 17.1 Å². The first-order valence-corrected chi connectivity index (χ1v) is 8.07. The zero-order valence-electron chi connectivity index (χ0n) is 12.1. The molecular weight excluding hydrogens is 339 g/mol. The summed E-state index contributed by atoms with van der Waals surface area (Å²) < 4.78 is 23.5. The van der Waals surface area contributed by atoms with Crippen LogP contribution in [0.15, 0.2) is 51.9 Å². The van der Waals surface area contributed by atoms with Crippen molar-refractivity contribution >= 4 is 23.4 Å². The van der Waals surface area contributed by atoms with Crippen LogP contribution < -0.4 is 4.74 Å². The Morgan fingerprint density at radius 2 is 2.13 bits per heavy atom. The quantitative estimate of drug-likeness (QED) is 0.617. The van der Waals surface area contributed by atoms with Crippen molar-refractivity contribution in [1.82, 2.24) is 10.1 Å². The van der Waals surface area contributed by atoms with E-state index in [-0.39, 0.29) is 5.02 Å². The van der Waals surface area contributed by atoms with Crippen LogP contribution >= 0.6 is 23.4 Å². The first-order valence-electron chi connectivity index (χ1n) is 6.70. The molecule has 3 aromatic rings. The van der Waals surface area contributed by atoms with Crippen molar-refractivity contribution in [2.45, 2.75) is 10.6 Å². The van der Waals surface area contributed by atoms with E-state index in [1.165, 1.54) is 17.8 Å². The minimum atomic E-state index is -0.436. The fourth-order valence-corrected chi connectivity index (χ4v) is 2.92. The summed E-state index contributed by atoms with van der Waals surface area (Å²) in [7, 11) is 1.60.